The van der Waals surface area contributed by atoms with Crippen molar-refractivity contribution in [3.8, 4) is 0 Å². The fourth-order valence-electron chi connectivity index (χ4n) is 2.25. The largest absolute Gasteiger partial charge is 0.346 e. The molecule has 1 heterocycles. The van der Waals surface area contributed by atoms with Crippen molar-refractivity contribution >= 4 is 10.0 Å². The van der Waals surface area contributed by atoms with Crippen molar-refractivity contribution < 1.29 is 8.42 Å². The van der Waals surface area contributed by atoms with Crippen LogP contribution in [0, 0.1) is 0 Å². The average molecular weight is 313 g/mol. The summed E-state index contributed by atoms with van der Waals surface area (Å²) in [6.07, 6.45) is 4.05. The van der Waals surface area contributed by atoms with Gasteiger partial charge in [-0.2, -0.15) is 0 Å². The third-order valence-corrected chi connectivity index (χ3v) is 5.01. The van der Waals surface area contributed by atoms with E-state index >= 15 is 0 Å². The lowest BCUT2D eigenvalue weighted by Crippen LogP contribution is -2.40. The van der Waals surface area contributed by atoms with E-state index in [1.54, 1.807) is 12.3 Å². The maximum atomic E-state index is 12.4. The summed E-state index contributed by atoms with van der Waals surface area (Å²) in [5, 5.41) is 3.36. The summed E-state index contributed by atoms with van der Waals surface area (Å²) in [4.78, 5) is 0.366. The lowest BCUT2D eigenvalue weighted by molar-refractivity contribution is 0.491. The maximum absolute atomic E-state index is 12.4. The van der Waals surface area contributed by atoms with Gasteiger partial charge in [0.1, 0.15) is 0 Å². The molecule has 0 aliphatic heterocycles. The van der Waals surface area contributed by atoms with Gasteiger partial charge in [-0.25, -0.2) is 13.1 Å². The molecule has 1 aliphatic rings. The average Bonchev–Trinajstić information content (AvgIpc) is 3.03. The van der Waals surface area contributed by atoms with Crippen molar-refractivity contribution in [2.75, 3.05) is 0 Å². The molecule has 0 atom stereocenters. The number of nitrogens with zero attached hydrogens (tertiary/aromatic N) is 1. The first-order chi connectivity index (χ1) is 9.58. The van der Waals surface area contributed by atoms with Gasteiger partial charge in [-0.1, -0.05) is 13.8 Å². The molecule has 1 aromatic rings. The molecule has 21 heavy (non-hydrogen) atoms. The van der Waals surface area contributed by atoms with Crippen LogP contribution in [0.5, 0.6) is 0 Å². The molecule has 2 rings (SSSR count). The summed E-state index contributed by atoms with van der Waals surface area (Å²) in [7, 11) is -3.46. The molecule has 1 fully saturated rings. The van der Waals surface area contributed by atoms with Gasteiger partial charge in [0, 0.05) is 36.1 Å². The van der Waals surface area contributed by atoms with Crippen molar-refractivity contribution in [1.82, 2.24) is 14.6 Å². The van der Waals surface area contributed by atoms with E-state index in [9.17, 15) is 8.42 Å². The summed E-state index contributed by atoms with van der Waals surface area (Å²) in [6, 6.07) is 2.63. The van der Waals surface area contributed by atoms with Gasteiger partial charge in [-0.3, -0.25) is 0 Å². The van der Waals surface area contributed by atoms with E-state index in [1.165, 1.54) is 0 Å². The van der Waals surface area contributed by atoms with Crippen LogP contribution >= 0.6 is 0 Å². The minimum absolute atomic E-state index is 0.366. The Morgan fingerprint density at radius 2 is 1.95 bits per heavy atom. The molecule has 0 radical (unpaired) electrons. The summed E-state index contributed by atoms with van der Waals surface area (Å²) >= 11 is 0. The minimum atomic E-state index is -3.46. The Kier molecular flexibility index (Phi) is 4.52. The highest BCUT2D eigenvalue weighted by molar-refractivity contribution is 7.89. The summed E-state index contributed by atoms with van der Waals surface area (Å²) in [6.45, 7) is 10.4. The van der Waals surface area contributed by atoms with Crippen LogP contribution in [-0.4, -0.2) is 24.6 Å². The van der Waals surface area contributed by atoms with Gasteiger partial charge in [0.05, 0.1) is 4.90 Å². The predicted molar refractivity (Wildman–Crippen MR) is 84.8 cm³/mol. The van der Waals surface area contributed by atoms with Crippen LogP contribution in [0.4, 0.5) is 0 Å². The van der Waals surface area contributed by atoms with E-state index in [0.29, 0.717) is 23.5 Å². The number of sulfonamides is 1. The molecule has 1 saturated carbocycles. The Balaban J connectivity index is 2.26. The van der Waals surface area contributed by atoms with Gasteiger partial charge >= 0.3 is 0 Å². The number of nitrogens with one attached hydrogen (secondary N) is 2. The Morgan fingerprint density at radius 1 is 1.33 bits per heavy atom. The standard InChI is InChI=1S/C15H27N3O2S/c1-11(2)16-9-13-8-14(10-18(13)12-6-7-12)21(19,20)17-15(3,4)5/h8,10-12,16-17H,6-7,9H2,1-5H3. The highest BCUT2D eigenvalue weighted by atomic mass is 32.2. The van der Waals surface area contributed by atoms with E-state index in [-0.39, 0.29) is 0 Å². The van der Waals surface area contributed by atoms with Crippen LogP contribution in [0.2, 0.25) is 0 Å². The van der Waals surface area contributed by atoms with Crippen LogP contribution in [-0.2, 0) is 16.6 Å². The summed E-state index contributed by atoms with van der Waals surface area (Å²) < 4.78 is 29.7. The number of hydrogen-bond donors (Lipinski definition) is 2. The van der Waals surface area contributed by atoms with Crippen molar-refractivity contribution in [2.45, 2.75) is 76.5 Å². The van der Waals surface area contributed by atoms with E-state index in [4.69, 9.17) is 0 Å². The highest BCUT2D eigenvalue weighted by Crippen LogP contribution is 2.37. The fourth-order valence-corrected chi connectivity index (χ4v) is 3.72. The summed E-state index contributed by atoms with van der Waals surface area (Å²) in [5.41, 5.74) is 0.567. The number of hydrogen-bond acceptors (Lipinski definition) is 3. The van der Waals surface area contributed by atoms with E-state index < -0.39 is 15.6 Å². The zero-order valence-corrected chi connectivity index (χ0v) is 14.4. The number of aromatic nitrogens is 1. The molecule has 0 aromatic carbocycles. The Morgan fingerprint density at radius 3 is 2.43 bits per heavy atom. The molecule has 1 aromatic heterocycles. The van der Waals surface area contributed by atoms with Gasteiger partial charge in [-0.05, 0) is 39.7 Å². The van der Waals surface area contributed by atoms with E-state index in [0.717, 1.165) is 18.5 Å². The second kappa shape index (κ2) is 5.74. The lowest BCUT2D eigenvalue weighted by Gasteiger charge is -2.19. The molecule has 1 aliphatic carbocycles. The lowest BCUT2D eigenvalue weighted by atomic mass is 10.1. The van der Waals surface area contributed by atoms with E-state index in [2.05, 4.69) is 28.5 Å². The highest BCUT2D eigenvalue weighted by Gasteiger charge is 2.29. The van der Waals surface area contributed by atoms with Gasteiger partial charge in [0.25, 0.3) is 0 Å². The summed E-state index contributed by atoms with van der Waals surface area (Å²) in [5.74, 6) is 0. The smallest absolute Gasteiger partial charge is 0.242 e. The van der Waals surface area contributed by atoms with Gasteiger partial charge in [0.15, 0.2) is 0 Å². The molecular formula is C15H27N3O2S. The third kappa shape index (κ3) is 4.56. The molecule has 0 saturated heterocycles. The molecule has 0 bridgehead atoms. The fraction of sp³-hybridized carbons (Fsp3) is 0.733. The van der Waals surface area contributed by atoms with Gasteiger partial charge < -0.3 is 9.88 Å². The first-order valence-electron chi connectivity index (χ1n) is 7.56. The minimum Gasteiger partial charge on any atom is -0.346 e. The first-order valence-corrected chi connectivity index (χ1v) is 9.05. The molecule has 6 heteroatoms. The Bertz CT molecular complexity index is 593. The third-order valence-electron chi connectivity index (χ3n) is 3.29. The van der Waals surface area contributed by atoms with Crippen LogP contribution in [0.1, 0.15) is 59.2 Å². The van der Waals surface area contributed by atoms with Crippen LogP contribution in [0.25, 0.3) is 0 Å². The van der Waals surface area contributed by atoms with Crippen molar-refractivity contribution in [3.05, 3.63) is 18.0 Å². The normalized spacial score (nSPS) is 16.7. The monoisotopic (exact) mass is 313 g/mol. The van der Waals surface area contributed by atoms with Gasteiger partial charge in [0.2, 0.25) is 10.0 Å². The number of rotatable bonds is 6. The first kappa shape index (κ1) is 16.5. The van der Waals surface area contributed by atoms with Crippen molar-refractivity contribution in [1.29, 1.82) is 0 Å². The molecule has 0 spiro atoms. The van der Waals surface area contributed by atoms with E-state index in [1.807, 2.05) is 20.8 Å². The molecule has 5 nitrogen and oxygen atoms in total. The van der Waals surface area contributed by atoms with Crippen molar-refractivity contribution in [3.63, 3.8) is 0 Å². The Labute approximate surface area is 128 Å². The van der Waals surface area contributed by atoms with Crippen LogP contribution in [0.15, 0.2) is 17.2 Å². The second-order valence-electron chi connectivity index (χ2n) is 7.20. The predicted octanol–water partition coefficient (Wildman–Crippen LogP) is 2.40. The van der Waals surface area contributed by atoms with Gasteiger partial charge in [-0.15, -0.1) is 0 Å². The topological polar surface area (TPSA) is 63.1 Å². The van der Waals surface area contributed by atoms with Crippen LogP contribution < -0.4 is 10.0 Å². The molecule has 120 valence electrons. The SMILES string of the molecule is CC(C)NCc1cc(S(=O)(=O)NC(C)(C)C)cn1C1CC1. The molecule has 2 N–H and O–H groups in total. The van der Waals surface area contributed by atoms with Crippen molar-refractivity contribution in [2.24, 2.45) is 0 Å². The molecule has 0 amide bonds. The molecule has 0 unspecified atom stereocenters. The van der Waals surface area contributed by atoms with Crippen LogP contribution in [0.3, 0.4) is 0 Å². The Hall–Kier alpha value is -0.850. The molecular weight excluding hydrogens is 286 g/mol. The quantitative estimate of drug-likeness (QED) is 0.847. The second-order valence-corrected chi connectivity index (χ2v) is 8.88. The zero-order chi connectivity index (χ0) is 15.8. The maximum Gasteiger partial charge on any atom is 0.242 e. The zero-order valence-electron chi connectivity index (χ0n) is 13.6.